The number of nitrogens with two attached hydrogens (primary N) is 1. The van der Waals surface area contributed by atoms with Crippen LogP contribution in [0.25, 0.3) is 0 Å². The first-order chi connectivity index (χ1) is 8.67. The van der Waals surface area contributed by atoms with Crippen molar-refractivity contribution in [2.24, 2.45) is 10.8 Å². The van der Waals surface area contributed by atoms with E-state index in [-0.39, 0.29) is 0 Å². The standard InChI is InChI=1S/C17H28N2/c1-12-6-7-14(18)15(8-12)19-13-9-16(2,3)11-17(4,5)10-13/h6-8,13,19H,9-11,18H2,1-5H3. The van der Waals surface area contributed by atoms with Crippen molar-refractivity contribution in [2.75, 3.05) is 11.1 Å². The van der Waals surface area contributed by atoms with E-state index in [0.29, 0.717) is 16.9 Å². The monoisotopic (exact) mass is 260 g/mol. The molecule has 0 amide bonds. The summed E-state index contributed by atoms with van der Waals surface area (Å²) in [4.78, 5) is 0. The van der Waals surface area contributed by atoms with Gasteiger partial charge >= 0.3 is 0 Å². The maximum atomic E-state index is 6.08. The summed E-state index contributed by atoms with van der Waals surface area (Å²) in [7, 11) is 0. The van der Waals surface area contributed by atoms with Crippen LogP contribution in [-0.2, 0) is 0 Å². The number of rotatable bonds is 2. The van der Waals surface area contributed by atoms with Crippen molar-refractivity contribution in [1.82, 2.24) is 0 Å². The third-order valence-corrected chi connectivity index (χ3v) is 4.12. The molecule has 0 aromatic heterocycles. The van der Waals surface area contributed by atoms with Gasteiger partial charge in [-0.05, 0) is 54.7 Å². The first-order valence-corrected chi connectivity index (χ1v) is 7.30. The molecule has 0 saturated heterocycles. The van der Waals surface area contributed by atoms with Crippen LogP contribution in [0.2, 0.25) is 0 Å². The predicted octanol–water partition coefficient (Wildman–Crippen LogP) is 4.59. The molecule has 106 valence electrons. The van der Waals surface area contributed by atoms with E-state index in [4.69, 9.17) is 5.73 Å². The fourth-order valence-electron chi connectivity index (χ4n) is 3.96. The quantitative estimate of drug-likeness (QED) is 0.763. The fourth-order valence-corrected chi connectivity index (χ4v) is 3.96. The summed E-state index contributed by atoms with van der Waals surface area (Å²) in [5.74, 6) is 0. The van der Waals surface area contributed by atoms with Gasteiger partial charge in [0.25, 0.3) is 0 Å². The molecule has 0 heterocycles. The van der Waals surface area contributed by atoms with E-state index < -0.39 is 0 Å². The molecule has 2 rings (SSSR count). The van der Waals surface area contributed by atoms with Crippen molar-refractivity contribution in [3.05, 3.63) is 23.8 Å². The van der Waals surface area contributed by atoms with Gasteiger partial charge in [-0.3, -0.25) is 0 Å². The van der Waals surface area contributed by atoms with E-state index >= 15 is 0 Å². The number of aryl methyl sites for hydroxylation is 1. The Labute approximate surface area is 117 Å². The zero-order chi connectivity index (χ0) is 14.3. The largest absolute Gasteiger partial charge is 0.397 e. The van der Waals surface area contributed by atoms with Crippen LogP contribution in [0.1, 0.15) is 52.5 Å². The average molecular weight is 260 g/mol. The minimum Gasteiger partial charge on any atom is -0.397 e. The number of hydrogen-bond donors (Lipinski definition) is 2. The van der Waals surface area contributed by atoms with Crippen LogP contribution in [0.15, 0.2) is 18.2 Å². The number of nitrogens with one attached hydrogen (secondary N) is 1. The molecule has 1 aliphatic rings. The molecular weight excluding hydrogens is 232 g/mol. The number of anilines is 2. The number of nitrogen functional groups attached to an aromatic ring is 1. The molecule has 1 aliphatic carbocycles. The van der Waals surface area contributed by atoms with Crippen LogP contribution in [-0.4, -0.2) is 6.04 Å². The third-order valence-electron chi connectivity index (χ3n) is 4.12. The van der Waals surface area contributed by atoms with Crippen molar-refractivity contribution in [3.8, 4) is 0 Å². The van der Waals surface area contributed by atoms with Gasteiger partial charge in [-0.15, -0.1) is 0 Å². The van der Waals surface area contributed by atoms with Gasteiger partial charge in [-0.2, -0.15) is 0 Å². The van der Waals surface area contributed by atoms with E-state index in [1.54, 1.807) is 0 Å². The molecule has 0 radical (unpaired) electrons. The molecule has 1 aromatic carbocycles. The first kappa shape index (κ1) is 14.2. The molecular formula is C17H28N2. The maximum absolute atomic E-state index is 6.08. The second-order valence-corrected chi connectivity index (χ2v) is 7.85. The Morgan fingerprint density at radius 1 is 1.11 bits per heavy atom. The molecule has 0 spiro atoms. The SMILES string of the molecule is Cc1ccc(N)c(NC2CC(C)(C)CC(C)(C)C2)c1. The highest BCUT2D eigenvalue weighted by Crippen LogP contribution is 2.46. The zero-order valence-corrected chi connectivity index (χ0v) is 13.0. The van der Waals surface area contributed by atoms with Crippen LogP contribution in [0.4, 0.5) is 11.4 Å². The van der Waals surface area contributed by atoms with Crippen LogP contribution in [0, 0.1) is 17.8 Å². The summed E-state index contributed by atoms with van der Waals surface area (Å²) in [5, 5.41) is 3.68. The van der Waals surface area contributed by atoms with Crippen LogP contribution in [0.5, 0.6) is 0 Å². The molecule has 1 saturated carbocycles. The molecule has 2 nitrogen and oxygen atoms in total. The summed E-state index contributed by atoms with van der Waals surface area (Å²) in [6, 6.07) is 6.73. The molecule has 1 aromatic rings. The van der Waals surface area contributed by atoms with E-state index in [2.05, 4.69) is 52.1 Å². The summed E-state index contributed by atoms with van der Waals surface area (Å²) in [6.07, 6.45) is 3.72. The van der Waals surface area contributed by atoms with Crippen molar-refractivity contribution >= 4 is 11.4 Å². The van der Waals surface area contributed by atoms with E-state index in [1.807, 2.05) is 6.07 Å². The van der Waals surface area contributed by atoms with Crippen molar-refractivity contribution in [1.29, 1.82) is 0 Å². The Bertz CT molecular complexity index is 444. The van der Waals surface area contributed by atoms with Gasteiger partial charge in [-0.1, -0.05) is 33.8 Å². The lowest BCUT2D eigenvalue weighted by Crippen LogP contribution is -2.40. The van der Waals surface area contributed by atoms with Gasteiger partial charge in [0, 0.05) is 6.04 Å². The van der Waals surface area contributed by atoms with E-state index in [9.17, 15) is 0 Å². The van der Waals surface area contributed by atoms with Gasteiger partial charge in [0.05, 0.1) is 11.4 Å². The zero-order valence-electron chi connectivity index (χ0n) is 13.0. The lowest BCUT2D eigenvalue weighted by Gasteiger charge is -2.45. The topological polar surface area (TPSA) is 38.0 Å². The van der Waals surface area contributed by atoms with Gasteiger partial charge in [0.1, 0.15) is 0 Å². The molecule has 19 heavy (non-hydrogen) atoms. The highest BCUT2D eigenvalue weighted by atomic mass is 14.9. The fraction of sp³-hybridized carbons (Fsp3) is 0.647. The Hall–Kier alpha value is -1.18. The van der Waals surface area contributed by atoms with Gasteiger partial charge in [-0.25, -0.2) is 0 Å². The van der Waals surface area contributed by atoms with Gasteiger partial charge in [0.15, 0.2) is 0 Å². The highest BCUT2D eigenvalue weighted by molar-refractivity contribution is 5.67. The lowest BCUT2D eigenvalue weighted by molar-refractivity contribution is 0.105. The summed E-state index contributed by atoms with van der Waals surface area (Å²) in [5.41, 5.74) is 10.1. The molecule has 2 heteroatoms. The summed E-state index contributed by atoms with van der Waals surface area (Å²) in [6.45, 7) is 11.6. The highest BCUT2D eigenvalue weighted by Gasteiger charge is 2.38. The lowest BCUT2D eigenvalue weighted by atomic mass is 9.63. The first-order valence-electron chi connectivity index (χ1n) is 7.30. The Kier molecular flexibility index (Phi) is 3.55. The van der Waals surface area contributed by atoms with Crippen LogP contribution in [0.3, 0.4) is 0 Å². The molecule has 3 N–H and O–H groups in total. The van der Waals surface area contributed by atoms with Crippen LogP contribution < -0.4 is 11.1 Å². The summed E-state index contributed by atoms with van der Waals surface area (Å²) >= 11 is 0. The number of benzene rings is 1. The van der Waals surface area contributed by atoms with E-state index in [1.165, 1.54) is 24.8 Å². The van der Waals surface area contributed by atoms with Gasteiger partial charge in [0.2, 0.25) is 0 Å². The molecule has 0 atom stereocenters. The number of hydrogen-bond acceptors (Lipinski definition) is 2. The maximum Gasteiger partial charge on any atom is 0.0578 e. The third kappa shape index (κ3) is 3.65. The normalized spacial score (nSPS) is 22.2. The van der Waals surface area contributed by atoms with Crippen molar-refractivity contribution in [2.45, 2.75) is 59.9 Å². The second kappa shape index (κ2) is 4.73. The Morgan fingerprint density at radius 3 is 2.26 bits per heavy atom. The van der Waals surface area contributed by atoms with Crippen molar-refractivity contribution < 1.29 is 0 Å². The Balaban J connectivity index is 2.16. The molecule has 0 bridgehead atoms. The molecule has 0 unspecified atom stereocenters. The average Bonchev–Trinajstić information content (AvgIpc) is 2.18. The summed E-state index contributed by atoms with van der Waals surface area (Å²) < 4.78 is 0. The van der Waals surface area contributed by atoms with E-state index in [0.717, 1.165) is 11.4 Å². The van der Waals surface area contributed by atoms with Crippen LogP contribution >= 0.6 is 0 Å². The second-order valence-electron chi connectivity index (χ2n) is 7.85. The molecule has 1 fully saturated rings. The van der Waals surface area contributed by atoms with Crippen molar-refractivity contribution in [3.63, 3.8) is 0 Å². The predicted molar refractivity (Wildman–Crippen MR) is 84.4 cm³/mol. The minimum absolute atomic E-state index is 0.401. The molecule has 0 aliphatic heterocycles. The van der Waals surface area contributed by atoms with Gasteiger partial charge < -0.3 is 11.1 Å². The Morgan fingerprint density at radius 2 is 1.68 bits per heavy atom. The smallest absolute Gasteiger partial charge is 0.0578 e. The minimum atomic E-state index is 0.401.